The SMILES string of the molecule is CCC(CNC(=O)/C=C/c1cccc(OC)c1OC(F)F)N1CCc2ccccc2C1. The van der Waals surface area contributed by atoms with Crippen LogP contribution in [0.25, 0.3) is 6.08 Å². The molecule has 1 atom stereocenters. The van der Waals surface area contributed by atoms with Crippen LogP contribution in [0.1, 0.15) is 30.0 Å². The molecule has 3 rings (SSSR count). The second-order valence-electron chi connectivity index (χ2n) is 7.39. The number of nitrogens with zero attached hydrogens (tertiary/aromatic N) is 1. The lowest BCUT2D eigenvalue weighted by molar-refractivity contribution is -0.116. The fraction of sp³-hybridized carbons (Fsp3) is 0.375. The summed E-state index contributed by atoms with van der Waals surface area (Å²) in [6, 6.07) is 13.4. The van der Waals surface area contributed by atoms with Gasteiger partial charge in [-0.2, -0.15) is 8.78 Å². The van der Waals surface area contributed by atoms with Crippen LogP contribution in [0.2, 0.25) is 0 Å². The summed E-state index contributed by atoms with van der Waals surface area (Å²) in [5.41, 5.74) is 3.07. The summed E-state index contributed by atoms with van der Waals surface area (Å²) >= 11 is 0. The fourth-order valence-corrected chi connectivity index (χ4v) is 3.84. The van der Waals surface area contributed by atoms with E-state index in [1.54, 1.807) is 12.1 Å². The number of hydrogen-bond donors (Lipinski definition) is 1. The van der Waals surface area contributed by atoms with Crippen molar-refractivity contribution in [3.63, 3.8) is 0 Å². The number of fused-ring (bicyclic) bond motifs is 1. The van der Waals surface area contributed by atoms with Gasteiger partial charge in [0.2, 0.25) is 5.91 Å². The van der Waals surface area contributed by atoms with Gasteiger partial charge in [-0.15, -0.1) is 0 Å². The molecule has 2 aromatic rings. The Labute approximate surface area is 181 Å². The first-order chi connectivity index (χ1) is 15.0. The molecule has 1 N–H and O–H groups in total. The Bertz CT molecular complexity index is 917. The van der Waals surface area contributed by atoms with Gasteiger partial charge < -0.3 is 14.8 Å². The molecule has 2 aromatic carbocycles. The van der Waals surface area contributed by atoms with E-state index in [1.807, 2.05) is 0 Å². The van der Waals surface area contributed by atoms with Crippen molar-refractivity contribution in [2.45, 2.75) is 39.0 Å². The van der Waals surface area contributed by atoms with Crippen LogP contribution in [0.4, 0.5) is 8.78 Å². The molecule has 1 aliphatic heterocycles. The monoisotopic (exact) mass is 430 g/mol. The molecule has 0 aliphatic carbocycles. The summed E-state index contributed by atoms with van der Waals surface area (Å²) in [5, 5.41) is 2.93. The Morgan fingerprint density at radius 1 is 1.19 bits per heavy atom. The number of methoxy groups -OCH3 is 1. The molecule has 1 unspecified atom stereocenters. The van der Waals surface area contributed by atoms with E-state index in [4.69, 9.17) is 4.74 Å². The van der Waals surface area contributed by atoms with Crippen LogP contribution in [-0.2, 0) is 17.8 Å². The van der Waals surface area contributed by atoms with Crippen molar-refractivity contribution in [1.29, 1.82) is 0 Å². The van der Waals surface area contributed by atoms with Gasteiger partial charge in [-0.25, -0.2) is 0 Å². The van der Waals surface area contributed by atoms with Crippen molar-refractivity contribution in [1.82, 2.24) is 10.2 Å². The second-order valence-corrected chi connectivity index (χ2v) is 7.39. The van der Waals surface area contributed by atoms with Crippen LogP contribution in [0.5, 0.6) is 11.5 Å². The third kappa shape index (κ3) is 6.04. The van der Waals surface area contributed by atoms with Gasteiger partial charge in [-0.05, 0) is 36.1 Å². The molecule has 0 saturated heterocycles. The zero-order valence-electron chi connectivity index (χ0n) is 17.8. The molecule has 0 fully saturated rings. The zero-order valence-corrected chi connectivity index (χ0v) is 17.8. The number of nitrogens with one attached hydrogen (secondary N) is 1. The Morgan fingerprint density at radius 3 is 2.68 bits per heavy atom. The number of para-hydroxylation sites is 1. The number of benzene rings is 2. The summed E-state index contributed by atoms with van der Waals surface area (Å²) < 4.78 is 35.2. The molecular formula is C24H28F2N2O3. The van der Waals surface area contributed by atoms with Gasteiger partial charge >= 0.3 is 6.61 Å². The molecule has 1 heterocycles. The van der Waals surface area contributed by atoms with Crippen LogP contribution in [0, 0.1) is 0 Å². The fourth-order valence-electron chi connectivity index (χ4n) is 3.84. The normalized spacial score (nSPS) is 15.0. The van der Waals surface area contributed by atoms with Gasteiger partial charge in [0, 0.05) is 37.3 Å². The van der Waals surface area contributed by atoms with E-state index in [1.165, 1.54) is 36.5 Å². The molecular weight excluding hydrogens is 402 g/mol. The largest absolute Gasteiger partial charge is 0.493 e. The Hall–Kier alpha value is -2.93. The minimum atomic E-state index is -2.99. The number of alkyl halides is 2. The summed E-state index contributed by atoms with van der Waals surface area (Å²) in [6.07, 6.45) is 4.69. The summed E-state index contributed by atoms with van der Waals surface area (Å²) in [7, 11) is 1.37. The number of amides is 1. The Morgan fingerprint density at radius 2 is 1.97 bits per heavy atom. The average Bonchev–Trinajstić information content (AvgIpc) is 2.78. The first-order valence-electron chi connectivity index (χ1n) is 10.4. The predicted molar refractivity (Wildman–Crippen MR) is 116 cm³/mol. The highest BCUT2D eigenvalue weighted by atomic mass is 19.3. The van der Waals surface area contributed by atoms with E-state index in [-0.39, 0.29) is 23.4 Å². The standard InChI is InChI=1S/C24H28F2N2O3/c1-3-20(28-14-13-17-7-4-5-8-19(17)16-28)15-27-22(29)12-11-18-9-6-10-21(30-2)23(18)31-24(25)26/h4-12,20,24H,3,13-16H2,1-2H3,(H,27,29)/b12-11+. The van der Waals surface area contributed by atoms with E-state index in [9.17, 15) is 13.6 Å². The Balaban J connectivity index is 1.60. The van der Waals surface area contributed by atoms with Crippen LogP contribution < -0.4 is 14.8 Å². The number of hydrogen-bond acceptors (Lipinski definition) is 4. The first kappa shape index (κ1) is 22.7. The number of carbonyl (C=O) groups is 1. The maximum atomic E-state index is 12.7. The van der Waals surface area contributed by atoms with Gasteiger partial charge in [-0.3, -0.25) is 9.69 Å². The molecule has 166 valence electrons. The highest BCUT2D eigenvalue weighted by Gasteiger charge is 2.22. The molecule has 0 radical (unpaired) electrons. The van der Waals surface area contributed by atoms with Crippen LogP contribution >= 0.6 is 0 Å². The highest BCUT2D eigenvalue weighted by molar-refractivity contribution is 5.92. The Kier molecular flexibility index (Phi) is 8.00. The molecule has 0 aromatic heterocycles. The van der Waals surface area contributed by atoms with Crippen molar-refractivity contribution in [3.05, 3.63) is 65.2 Å². The maximum Gasteiger partial charge on any atom is 0.387 e. The van der Waals surface area contributed by atoms with Crippen molar-refractivity contribution < 1.29 is 23.0 Å². The van der Waals surface area contributed by atoms with Gasteiger partial charge in [-0.1, -0.05) is 43.3 Å². The minimum absolute atomic E-state index is 0.0949. The predicted octanol–water partition coefficient (Wildman–Crippen LogP) is 4.26. The molecule has 0 spiro atoms. The molecule has 5 nitrogen and oxygen atoms in total. The smallest absolute Gasteiger partial charge is 0.387 e. The van der Waals surface area contributed by atoms with E-state index in [0.717, 1.165) is 25.9 Å². The van der Waals surface area contributed by atoms with E-state index >= 15 is 0 Å². The minimum Gasteiger partial charge on any atom is -0.493 e. The number of ether oxygens (including phenoxy) is 2. The number of rotatable bonds is 9. The van der Waals surface area contributed by atoms with Crippen molar-refractivity contribution in [2.75, 3.05) is 20.2 Å². The van der Waals surface area contributed by atoms with Crippen molar-refractivity contribution in [2.24, 2.45) is 0 Å². The lowest BCUT2D eigenvalue weighted by Gasteiger charge is -2.35. The van der Waals surface area contributed by atoms with E-state index in [2.05, 4.69) is 46.1 Å². The zero-order chi connectivity index (χ0) is 22.2. The third-order valence-corrected chi connectivity index (χ3v) is 5.51. The molecule has 1 amide bonds. The topological polar surface area (TPSA) is 50.8 Å². The molecule has 31 heavy (non-hydrogen) atoms. The maximum absolute atomic E-state index is 12.7. The summed E-state index contributed by atoms with van der Waals surface area (Å²) in [6.45, 7) is 1.47. The van der Waals surface area contributed by atoms with Gasteiger partial charge in [0.15, 0.2) is 11.5 Å². The molecule has 0 bridgehead atoms. The average molecular weight is 430 g/mol. The van der Waals surface area contributed by atoms with E-state index in [0.29, 0.717) is 12.1 Å². The quantitative estimate of drug-likeness (QED) is 0.604. The van der Waals surface area contributed by atoms with Crippen molar-refractivity contribution in [3.8, 4) is 11.5 Å². The number of halogens is 2. The van der Waals surface area contributed by atoms with Gasteiger partial charge in [0.05, 0.1) is 7.11 Å². The van der Waals surface area contributed by atoms with Crippen LogP contribution in [-0.4, -0.2) is 43.7 Å². The lowest BCUT2D eigenvalue weighted by Crippen LogP contribution is -2.45. The first-order valence-corrected chi connectivity index (χ1v) is 10.4. The van der Waals surface area contributed by atoms with Gasteiger partial charge in [0.1, 0.15) is 0 Å². The lowest BCUT2D eigenvalue weighted by atomic mass is 9.98. The number of carbonyl (C=O) groups excluding carboxylic acids is 1. The summed E-state index contributed by atoms with van der Waals surface area (Å²) in [5.74, 6) is -0.205. The van der Waals surface area contributed by atoms with Crippen LogP contribution in [0.3, 0.4) is 0 Å². The van der Waals surface area contributed by atoms with E-state index < -0.39 is 6.61 Å². The molecule has 7 heteroatoms. The highest BCUT2D eigenvalue weighted by Crippen LogP contribution is 2.33. The third-order valence-electron chi connectivity index (χ3n) is 5.51. The second kappa shape index (κ2) is 10.9. The summed E-state index contributed by atoms with van der Waals surface area (Å²) in [4.78, 5) is 14.8. The molecule has 0 saturated carbocycles. The van der Waals surface area contributed by atoms with Crippen LogP contribution in [0.15, 0.2) is 48.5 Å². The van der Waals surface area contributed by atoms with Gasteiger partial charge in [0.25, 0.3) is 0 Å². The molecule has 1 aliphatic rings. The van der Waals surface area contributed by atoms with Crippen molar-refractivity contribution >= 4 is 12.0 Å².